The van der Waals surface area contributed by atoms with E-state index in [1.807, 2.05) is 60.2 Å². The highest BCUT2D eigenvalue weighted by Crippen LogP contribution is 2.40. The molecule has 2 bridgehead atoms. The average Bonchev–Trinajstić information content (AvgIpc) is 2.83. The van der Waals surface area contributed by atoms with Gasteiger partial charge in [0.05, 0.1) is 29.1 Å². The van der Waals surface area contributed by atoms with Gasteiger partial charge < -0.3 is 9.64 Å². The number of aromatic nitrogens is 2. The highest BCUT2D eigenvalue weighted by Gasteiger charge is 2.30. The maximum Gasteiger partial charge on any atom is 0.146 e. The highest BCUT2D eigenvalue weighted by molar-refractivity contribution is 8.00. The van der Waals surface area contributed by atoms with Crippen molar-refractivity contribution in [1.82, 2.24) is 9.97 Å². The fourth-order valence-corrected chi connectivity index (χ4v) is 3.75. The van der Waals surface area contributed by atoms with Gasteiger partial charge in [0.25, 0.3) is 0 Å². The molecular formula is C18H35N3OS. The average molecular weight is 342 g/mol. The molecule has 1 aromatic rings. The van der Waals surface area contributed by atoms with Crippen molar-refractivity contribution in [2.24, 2.45) is 0 Å². The first-order valence-corrected chi connectivity index (χ1v) is 10.0. The number of fused-ring (bicyclic) bond motifs is 4. The monoisotopic (exact) mass is 341 g/mol. The van der Waals surface area contributed by atoms with E-state index in [1.165, 1.54) is 10.6 Å². The van der Waals surface area contributed by atoms with E-state index in [4.69, 9.17) is 4.74 Å². The standard InChI is InChI=1S/C12H17N3OS.3C2H6/c1-3-10-11-12(14-8(2)13-10)15-4-5-16-7-9(6-15)17-11;3*1-2/h9H,3-7H2,1-2H3;3*1-2H3. The summed E-state index contributed by atoms with van der Waals surface area (Å²) < 4.78 is 5.63. The fourth-order valence-electron chi connectivity index (χ4n) is 2.39. The van der Waals surface area contributed by atoms with Gasteiger partial charge in [-0.15, -0.1) is 11.8 Å². The third-order valence-electron chi connectivity index (χ3n) is 3.18. The number of rotatable bonds is 1. The van der Waals surface area contributed by atoms with Crippen LogP contribution in [0.2, 0.25) is 0 Å². The molecule has 1 fully saturated rings. The third-order valence-corrected chi connectivity index (χ3v) is 4.45. The molecule has 2 aliphatic rings. The van der Waals surface area contributed by atoms with Crippen LogP contribution < -0.4 is 4.90 Å². The zero-order valence-electron chi connectivity index (χ0n) is 16.3. The van der Waals surface area contributed by atoms with Crippen molar-refractivity contribution in [3.8, 4) is 0 Å². The lowest BCUT2D eigenvalue weighted by Crippen LogP contribution is -2.36. The first-order chi connectivity index (χ1) is 11.3. The molecule has 3 heterocycles. The summed E-state index contributed by atoms with van der Waals surface area (Å²) in [5, 5.41) is 0.529. The molecule has 0 radical (unpaired) electrons. The number of anilines is 1. The zero-order chi connectivity index (χ0) is 17.8. The first-order valence-electron chi connectivity index (χ1n) is 9.14. The Morgan fingerprint density at radius 1 is 1.13 bits per heavy atom. The molecule has 5 heteroatoms. The Hall–Kier alpha value is -0.810. The van der Waals surface area contributed by atoms with Gasteiger partial charge in [-0.25, -0.2) is 9.97 Å². The Kier molecular flexibility index (Phi) is 12.1. The van der Waals surface area contributed by atoms with Crippen LogP contribution in [-0.2, 0) is 11.2 Å². The van der Waals surface area contributed by atoms with E-state index in [0.717, 1.165) is 44.4 Å². The van der Waals surface area contributed by atoms with Gasteiger partial charge in [-0.2, -0.15) is 0 Å². The second-order valence-corrected chi connectivity index (χ2v) is 5.80. The number of ether oxygens (including phenoxy) is 1. The molecule has 23 heavy (non-hydrogen) atoms. The van der Waals surface area contributed by atoms with Gasteiger partial charge in [0, 0.05) is 13.1 Å². The largest absolute Gasteiger partial charge is 0.378 e. The van der Waals surface area contributed by atoms with Crippen molar-refractivity contribution >= 4 is 17.6 Å². The Balaban J connectivity index is 0.000000728. The van der Waals surface area contributed by atoms with E-state index in [2.05, 4.69) is 21.8 Å². The smallest absolute Gasteiger partial charge is 0.146 e. The Morgan fingerprint density at radius 2 is 1.78 bits per heavy atom. The molecule has 4 nitrogen and oxygen atoms in total. The fraction of sp³-hybridized carbons (Fsp3) is 0.778. The summed E-state index contributed by atoms with van der Waals surface area (Å²) in [6.45, 7) is 19.8. The van der Waals surface area contributed by atoms with Gasteiger partial charge in [0.15, 0.2) is 0 Å². The van der Waals surface area contributed by atoms with Gasteiger partial charge >= 0.3 is 0 Å². The van der Waals surface area contributed by atoms with Crippen molar-refractivity contribution in [2.75, 3.05) is 31.2 Å². The first kappa shape index (κ1) is 22.2. The molecule has 0 aromatic carbocycles. The summed E-state index contributed by atoms with van der Waals surface area (Å²) in [5.74, 6) is 2.01. The van der Waals surface area contributed by atoms with Crippen LogP contribution in [0.3, 0.4) is 0 Å². The van der Waals surface area contributed by atoms with E-state index in [-0.39, 0.29) is 0 Å². The number of nitrogens with zero attached hydrogens (tertiary/aromatic N) is 3. The molecule has 0 amide bonds. The van der Waals surface area contributed by atoms with Crippen molar-refractivity contribution in [3.05, 3.63) is 11.5 Å². The van der Waals surface area contributed by atoms with Gasteiger partial charge in [0.2, 0.25) is 0 Å². The second kappa shape index (κ2) is 12.6. The van der Waals surface area contributed by atoms with Gasteiger partial charge in [-0.1, -0.05) is 48.5 Å². The van der Waals surface area contributed by atoms with Crippen LogP contribution in [0, 0.1) is 6.92 Å². The SMILES string of the molecule is CC.CC.CC.CCc1nc(C)nc2c1SC1COCCN2C1. The molecule has 0 aliphatic carbocycles. The molecule has 134 valence electrons. The lowest BCUT2D eigenvalue weighted by molar-refractivity contribution is 0.155. The third kappa shape index (κ3) is 5.96. The van der Waals surface area contributed by atoms with Crippen LogP contribution in [0.4, 0.5) is 5.82 Å². The Morgan fingerprint density at radius 3 is 2.39 bits per heavy atom. The van der Waals surface area contributed by atoms with Crippen LogP contribution in [0.1, 0.15) is 60.0 Å². The van der Waals surface area contributed by atoms with Crippen LogP contribution >= 0.6 is 11.8 Å². The number of thioether (sulfide) groups is 1. The maximum atomic E-state index is 5.63. The van der Waals surface area contributed by atoms with E-state index in [9.17, 15) is 0 Å². The molecule has 0 saturated carbocycles. The van der Waals surface area contributed by atoms with Gasteiger partial charge in [-0.05, 0) is 13.3 Å². The minimum Gasteiger partial charge on any atom is -0.378 e. The summed E-state index contributed by atoms with van der Waals surface area (Å²) in [7, 11) is 0. The van der Waals surface area contributed by atoms with E-state index in [1.54, 1.807) is 0 Å². The normalized spacial score (nSPS) is 17.9. The van der Waals surface area contributed by atoms with Gasteiger partial charge in [-0.3, -0.25) is 0 Å². The van der Waals surface area contributed by atoms with Crippen LogP contribution in [0.5, 0.6) is 0 Å². The van der Waals surface area contributed by atoms with E-state index in [0.29, 0.717) is 5.25 Å². The molecule has 1 saturated heterocycles. The minimum absolute atomic E-state index is 0.529. The molecular weight excluding hydrogens is 306 g/mol. The second-order valence-electron chi connectivity index (χ2n) is 4.48. The van der Waals surface area contributed by atoms with E-state index < -0.39 is 0 Å². The lowest BCUT2D eigenvalue weighted by Gasteiger charge is -2.32. The van der Waals surface area contributed by atoms with Crippen molar-refractivity contribution in [1.29, 1.82) is 0 Å². The Bertz CT molecular complexity index is 441. The molecule has 0 spiro atoms. The molecule has 1 atom stereocenters. The summed E-state index contributed by atoms with van der Waals surface area (Å²) in [6.07, 6.45) is 0.972. The van der Waals surface area contributed by atoms with Crippen molar-refractivity contribution < 1.29 is 4.74 Å². The lowest BCUT2D eigenvalue weighted by atomic mass is 10.2. The van der Waals surface area contributed by atoms with Crippen molar-refractivity contribution in [2.45, 2.75) is 72.0 Å². The predicted molar refractivity (Wildman–Crippen MR) is 103 cm³/mol. The quantitative estimate of drug-likeness (QED) is 0.738. The molecule has 1 unspecified atom stereocenters. The van der Waals surface area contributed by atoms with Crippen LogP contribution in [0.25, 0.3) is 0 Å². The topological polar surface area (TPSA) is 38.3 Å². The summed E-state index contributed by atoms with van der Waals surface area (Å²) >= 11 is 1.89. The summed E-state index contributed by atoms with van der Waals surface area (Å²) in [5.41, 5.74) is 1.19. The highest BCUT2D eigenvalue weighted by atomic mass is 32.2. The molecule has 2 aliphatic heterocycles. The molecule has 0 N–H and O–H groups in total. The maximum absolute atomic E-state index is 5.63. The number of aryl methyl sites for hydroxylation is 2. The summed E-state index contributed by atoms with van der Waals surface area (Å²) in [6, 6.07) is 0. The van der Waals surface area contributed by atoms with Gasteiger partial charge in [0.1, 0.15) is 11.6 Å². The molecule has 3 rings (SSSR count). The minimum atomic E-state index is 0.529. The summed E-state index contributed by atoms with van der Waals surface area (Å²) in [4.78, 5) is 12.8. The predicted octanol–water partition coefficient (Wildman–Crippen LogP) is 4.74. The molecule has 1 aromatic heterocycles. The van der Waals surface area contributed by atoms with Crippen molar-refractivity contribution in [3.63, 3.8) is 0 Å². The van der Waals surface area contributed by atoms with E-state index >= 15 is 0 Å². The van der Waals surface area contributed by atoms with Crippen LogP contribution in [-0.4, -0.2) is 41.5 Å². The number of hydrogen-bond donors (Lipinski definition) is 0. The Labute approximate surface area is 147 Å². The number of hydrogen-bond acceptors (Lipinski definition) is 5. The zero-order valence-corrected chi connectivity index (χ0v) is 17.1. The van der Waals surface area contributed by atoms with Crippen LogP contribution in [0.15, 0.2) is 4.90 Å².